The normalized spacial score (nSPS) is 13.9. The Morgan fingerprint density at radius 1 is 1.03 bits per heavy atom. The molecule has 1 heterocycles. The standard InChI is InChI=1S/C23H29N3O3/c1-18-9-10-22(29-3)21(17-18)26(19(2)27)12-11-23(28)25-15-13-24(14-16-25)20-7-5-4-6-8-20/h4-10,17H,11-16H2,1-3H3. The van der Waals surface area contributed by atoms with E-state index in [9.17, 15) is 9.59 Å². The van der Waals surface area contributed by atoms with Gasteiger partial charge in [-0.2, -0.15) is 0 Å². The predicted octanol–water partition coefficient (Wildman–Crippen LogP) is 3.10. The third-order valence-electron chi connectivity index (χ3n) is 5.31. The molecule has 0 N–H and O–H groups in total. The van der Waals surface area contributed by atoms with E-state index in [4.69, 9.17) is 4.74 Å². The maximum atomic E-state index is 12.8. The highest BCUT2D eigenvalue weighted by atomic mass is 16.5. The largest absolute Gasteiger partial charge is 0.495 e. The molecule has 1 aliphatic heterocycles. The van der Waals surface area contributed by atoms with Gasteiger partial charge < -0.3 is 19.4 Å². The van der Waals surface area contributed by atoms with Crippen molar-refractivity contribution in [3.05, 3.63) is 54.1 Å². The van der Waals surface area contributed by atoms with Gasteiger partial charge >= 0.3 is 0 Å². The lowest BCUT2D eigenvalue weighted by Gasteiger charge is -2.36. The van der Waals surface area contributed by atoms with Gasteiger partial charge in [0, 0.05) is 51.8 Å². The highest BCUT2D eigenvalue weighted by Gasteiger charge is 2.23. The van der Waals surface area contributed by atoms with Crippen LogP contribution in [-0.2, 0) is 9.59 Å². The van der Waals surface area contributed by atoms with Crippen LogP contribution in [0.2, 0.25) is 0 Å². The van der Waals surface area contributed by atoms with Crippen molar-refractivity contribution in [3.8, 4) is 5.75 Å². The van der Waals surface area contributed by atoms with E-state index in [0.29, 0.717) is 37.5 Å². The maximum absolute atomic E-state index is 12.8. The lowest BCUT2D eigenvalue weighted by Crippen LogP contribution is -2.49. The minimum Gasteiger partial charge on any atom is -0.495 e. The molecule has 0 radical (unpaired) electrons. The van der Waals surface area contributed by atoms with Crippen molar-refractivity contribution in [1.82, 2.24) is 4.90 Å². The Labute approximate surface area is 172 Å². The van der Waals surface area contributed by atoms with Crippen LogP contribution < -0.4 is 14.5 Å². The molecule has 154 valence electrons. The fourth-order valence-corrected chi connectivity index (χ4v) is 3.68. The number of piperazine rings is 1. The number of benzene rings is 2. The number of methoxy groups -OCH3 is 1. The molecule has 2 amide bonds. The number of ether oxygens (including phenoxy) is 1. The molecule has 6 nitrogen and oxygen atoms in total. The van der Waals surface area contributed by atoms with Crippen molar-refractivity contribution >= 4 is 23.2 Å². The van der Waals surface area contributed by atoms with E-state index in [-0.39, 0.29) is 11.8 Å². The van der Waals surface area contributed by atoms with E-state index < -0.39 is 0 Å². The Morgan fingerprint density at radius 2 is 1.72 bits per heavy atom. The molecule has 0 bridgehead atoms. The monoisotopic (exact) mass is 395 g/mol. The van der Waals surface area contributed by atoms with Gasteiger partial charge in [-0.3, -0.25) is 9.59 Å². The second kappa shape index (κ2) is 9.45. The molecule has 1 saturated heterocycles. The van der Waals surface area contributed by atoms with Crippen LogP contribution in [0.5, 0.6) is 5.75 Å². The number of hydrogen-bond acceptors (Lipinski definition) is 4. The summed E-state index contributed by atoms with van der Waals surface area (Å²) in [6.07, 6.45) is 0.294. The molecule has 2 aromatic rings. The summed E-state index contributed by atoms with van der Waals surface area (Å²) in [5, 5.41) is 0. The van der Waals surface area contributed by atoms with E-state index in [2.05, 4.69) is 17.0 Å². The Bertz CT molecular complexity index is 846. The summed E-state index contributed by atoms with van der Waals surface area (Å²) in [7, 11) is 1.59. The van der Waals surface area contributed by atoms with Gasteiger partial charge in [-0.1, -0.05) is 24.3 Å². The summed E-state index contributed by atoms with van der Waals surface area (Å²) in [6, 6.07) is 16.0. The van der Waals surface area contributed by atoms with Gasteiger partial charge in [-0.15, -0.1) is 0 Å². The molecule has 0 aliphatic carbocycles. The highest BCUT2D eigenvalue weighted by molar-refractivity contribution is 5.94. The van der Waals surface area contributed by atoms with Crippen LogP contribution in [0.4, 0.5) is 11.4 Å². The lowest BCUT2D eigenvalue weighted by molar-refractivity contribution is -0.131. The zero-order valence-corrected chi connectivity index (χ0v) is 17.4. The Morgan fingerprint density at radius 3 is 2.34 bits per heavy atom. The summed E-state index contributed by atoms with van der Waals surface area (Å²) in [5.74, 6) is 0.612. The molecule has 3 rings (SSSR count). The van der Waals surface area contributed by atoms with Crippen LogP contribution in [0, 0.1) is 6.92 Å². The fraction of sp³-hybridized carbons (Fsp3) is 0.391. The van der Waals surface area contributed by atoms with Crippen molar-refractivity contribution in [2.24, 2.45) is 0 Å². The number of hydrogen-bond donors (Lipinski definition) is 0. The van der Waals surface area contributed by atoms with Crippen molar-refractivity contribution in [1.29, 1.82) is 0 Å². The molecular weight excluding hydrogens is 366 g/mol. The number of carbonyl (C=O) groups is 2. The zero-order chi connectivity index (χ0) is 20.8. The molecule has 0 saturated carbocycles. The van der Waals surface area contributed by atoms with E-state index in [1.54, 1.807) is 12.0 Å². The van der Waals surface area contributed by atoms with E-state index in [1.807, 2.05) is 48.2 Å². The SMILES string of the molecule is COc1ccc(C)cc1N(CCC(=O)N1CCN(c2ccccc2)CC1)C(C)=O. The highest BCUT2D eigenvalue weighted by Crippen LogP contribution is 2.29. The number of nitrogens with zero attached hydrogens (tertiary/aromatic N) is 3. The summed E-state index contributed by atoms with van der Waals surface area (Å²) in [5.41, 5.74) is 2.94. The molecule has 1 fully saturated rings. The lowest BCUT2D eigenvalue weighted by atomic mass is 10.1. The maximum Gasteiger partial charge on any atom is 0.224 e. The minimum absolute atomic E-state index is 0.0792. The van der Waals surface area contributed by atoms with Gasteiger partial charge in [-0.05, 0) is 36.8 Å². The molecule has 6 heteroatoms. The number of carbonyl (C=O) groups excluding carboxylic acids is 2. The van der Waals surface area contributed by atoms with Crippen molar-refractivity contribution in [2.75, 3.05) is 49.6 Å². The van der Waals surface area contributed by atoms with Gasteiger partial charge in [0.1, 0.15) is 5.75 Å². The first-order valence-corrected chi connectivity index (χ1v) is 10.00. The topological polar surface area (TPSA) is 53.1 Å². The number of para-hydroxylation sites is 1. The molecule has 0 aromatic heterocycles. The van der Waals surface area contributed by atoms with Crippen LogP contribution >= 0.6 is 0 Å². The molecule has 29 heavy (non-hydrogen) atoms. The Hall–Kier alpha value is -3.02. The Balaban J connectivity index is 1.59. The van der Waals surface area contributed by atoms with Crippen molar-refractivity contribution < 1.29 is 14.3 Å². The van der Waals surface area contributed by atoms with E-state index in [0.717, 1.165) is 18.7 Å². The van der Waals surface area contributed by atoms with Crippen LogP contribution in [0.1, 0.15) is 18.9 Å². The molecular formula is C23H29N3O3. The second-order valence-electron chi connectivity index (χ2n) is 7.30. The first-order chi connectivity index (χ1) is 14.0. The van der Waals surface area contributed by atoms with Crippen LogP contribution in [0.25, 0.3) is 0 Å². The van der Waals surface area contributed by atoms with Crippen LogP contribution in [0.15, 0.2) is 48.5 Å². The predicted molar refractivity (Wildman–Crippen MR) is 116 cm³/mol. The van der Waals surface area contributed by atoms with Crippen LogP contribution in [-0.4, -0.2) is 56.5 Å². The van der Waals surface area contributed by atoms with Gasteiger partial charge in [0.2, 0.25) is 11.8 Å². The minimum atomic E-state index is -0.101. The smallest absolute Gasteiger partial charge is 0.224 e. The van der Waals surface area contributed by atoms with Crippen LogP contribution in [0.3, 0.4) is 0 Å². The third kappa shape index (κ3) is 5.08. The first kappa shape index (κ1) is 20.7. The second-order valence-corrected chi connectivity index (χ2v) is 7.30. The summed E-state index contributed by atoms with van der Waals surface area (Å²) in [6.45, 7) is 6.86. The van der Waals surface area contributed by atoms with E-state index >= 15 is 0 Å². The van der Waals surface area contributed by atoms with Crippen molar-refractivity contribution in [3.63, 3.8) is 0 Å². The average Bonchev–Trinajstić information content (AvgIpc) is 2.74. The molecule has 0 atom stereocenters. The Kier molecular flexibility index (Phi) is 6.75. The summed E-state index contributed by atoms with van der Waals surface area (Å²) >= 11 is 0. The zero-order valence-electron chi connectivity index (χ0n) is 17.4. The summed E-state index contributed by atoms with van der Waals surface area (Å²) in [4.78, 5) is 30.8. The van der Waals surface area contributed by atoms with Crippen molar-refractivity contribution in [2.45, 2.75) is 20.3 Å². The fourth-order valence-electron chi connectivity index (χ4n) is 3.68. The number of amides is 2. The molecule has 1 aliphatic rings. The number of aryl methyl sites for hydroxylation is 1. The molecule has 0 spiro atoms. The van der Waals surface area contributed by atoms with Gasteiger partial charge in [-0.25, -0.2) is 0 Å². The third-order valence-corrected chi connectivity index (χ3v) is 5.31. The van der Waals surface area contributed by atoms with Gasteiger partial charge in [0.15, 0.2) is 0 Å². The number of rotatable bonds is 6. The molecule has 0 unspecified atom stereocenters. The first-order valence-electron chi connectivity index (χ1n) is 10.00. The molecule has 2 aromatic carbocycles. The summed E-state index contributed by atoms with van der Waals surface area (Å²) < 4.78 is 5.41. The average molecular weight is 396 g/mol. The van der Waals surface area contributed by atoms with Gasteiger partial charge in [0.05, 0.1) is 12.8 Å². The van der Waals surface area contributed by atoms with E-state index in [1.165, 1.54) is 12.6 Å². The van der Waals surface area contributed by atoms with Gasteiger partial charge in [0.25, 0.3) is 0 Å². The quantitative estimate of drug-likeness (QED) is 0.754. The number of anilines is 2.